The van der Waals surface area contributed by atoms with Gasteiger partial charge in [-0.25, -0.2) is 4.79 Å². The van der Waals surface area contributed by atoms with E-state index in [1.54, 1.807) is 14.0 Å². The van der Waals surface area contributed by atoms with Gasteiger partial charge in [-0.2, -0.15) is 0 Å². The number of imide groups is 1. The Bertz CT molecular complexity index is 950. The average molecular weight is 494 g/mol. The van der Waals surface area contributed by atoms with Gasteiger partial charge in [-0.1, -0.05) is 52.0 Å². The molecule has 1 saturated heterocycles. The number of nitrogens with zero attached hydrogens (tertiary/aromatic N) is 1. The van der Waals surface area contributed by atoms with Crippen LogP contribution in [0.5, 0.6) is 5.75 Å². The maximum atomic E-state index is 13.1. The van der Waals surface area contributed by atoms with E-state index in [4.69, 9.17) is 9.47 Å². The van der Waals surface area contributed by atoms with Crippen LogP contribution in [0.3, 0.4) is 0 Å². The zero-order valence-electron chi connectivity index (χ0n) is 16.9. The summed E-state index contributed by atoms with van der Waals surface area (Å²) in [6.07, 6.45) is 1.62. The number of alkyl halides is 1. The molecule has 0 N–H and O–H groups in total. The number of hydrogen-bond acceptors (Lipinski definition) is 6. The molecule has 0 spiro atoms. The number of hydrogen-bond donors (Lipinski definition) is 0. The minimum atomic E-state index is -0.869. The van der Waals surface area contributed by atoms with E-state index in [1.807, 2.05) is 36.4 Å². The molecular formula is C22H24BrNO5S. The van der Waals surface area contributed by atoms with Crippen molar-refractivity contribution in [1.82, 2.24) is 4.90 Å². The Kier molecular flexibility index (Phi) is 7.77. The Hall–Kier alpha value is -2.06. The summed E-state index contributed by atoms with van der Waals surface area (Å²) in [5.74, 6) is -0.486. The van der Waals surface area contributed by atoms with E-state index in [9.17, 15) is 14.4 Å². The number of halogens is 1. The molecule has 0 aliphatic carbocycles. The van der Waals surface area contributed by atoms with Crippen LogP contribution in [0, 0.1) is 0 Å². The second kappa shape index (κ2) is 10.3. The fourth-order valence-electron chi connectivity index (χ4n) is 3.29. The predicted octanol–water partition coefficient (Wildman–Crippen LogP) is 4.73. The Morgan fingerprint density at radius 1 is 1.20 bits per heavy atom. The topological polar surface area (TPSA) is 72.9 Å². The number of esters is 1. The van der Waals surface area contributed by atoms with Gasteiger partial charge in [-0.05, 0) is 48.2 Å². The highest BCUT2D eigenvalue weighted by Gasteiger charge is 2.43. The largest absolute Gasteiger partial charge is 0.497 e. The summed E-state index contributed by atoms with van der Waals surface area (Å²) in [6, 6.07) is 10.6. The van der Waals surface area contributed by atoms with Crippen LogP contribution in [-0.2, 0) is 14.3 Å². The van der Waals surface area contributed by atoms with Crippen LogP contribution in [0.25, 0.3) is 10.8 Å². The molecule has 0 aromatic heterocycles. The van der Waals surface area contributed by atoms with E-state index in [2.05, 4.69) is 15.9 Å². The molecule has 2 aromatic carbocycles. The van der Waals surface area contributed by atoms with Crippen molar-refractivity contribution in [3.63, 3.8) is 0 Å². The first kappa shape index (κ1) is 22.6. The molecule has 1 fully saturated rings. The molecular weight excluding hydrogens is 470 g/mol. The molecule has 1 aliphatic rings. The number of benzene rings is 2. The van der Waals surface area contributed by atoms with Crippen LogP contribution in [0.2, 0.25) is 0 Å². The number of thioether (sulfide) groups is 1. The highest BCUT2D eigenvalue weighted by Crippen LogP contribution is 2.31. The lowest BCUT2D eigenvalue weighted by Crippen LogP contribution is -2.46. The highest BCUT2D eigenvalue weighted by atomic mass is 79.9. The maximum absolute atomic E-state index is 13.1. The second-order valence-corrected chi connectivity index (χ2v) is 8.82. The monoisotopic (exact) mass is 493 g/mol. The van der Waals surface area contributed by atoms with Gasteiger partial charge in [0.1, 0.15) is 11.8 Å². The van der Waals surface area contributed by atoms with Crippen LogP contribution in [0.15, 0.2) is 36.4 Å². The summed E-state index contributed by atoms with van der Waals surface area (Å²) in [7, 11) is 1.62. The average Bonchev–Trinajstić information content (AvgIpc) is 3.16. The van der Waals surface area contributed by atoms with Crippen molar-refractivity contribution in [3.8, 4) is 5.75 Å². The fourth-order valence-corrected chi connectivity index (χ4v) is 4.63. The van der Waals surface area contributed by atoms with Gasteiger partial charge in [0.2, 0.25) is 5.91 Å². The standard InChI is InChI=1S/C22H24BrNO5S/c1-14(15-5-6-17-12-18(28-2)8-7-16(17)11-15)20(25)24-19(13-30-22(24)27)21(26)29-10-4-3-9-23/h5-8,11-12,14,19H,3-4,9-10,13H2,1-2H3/t14?,19-/m0/s1. The van der Waals surface area contributed by atoms with E-state index < -0.39 is 23.2 Å². The van der Waals surface area contributed by atoms with Gasteiger partial charge < -0.3 is 9.47 Å². The third kappa shape index (κ3) is 4.98. The molecule has 8 heteroatoms. The van der Waals surface area contributed by atoms with Crippen molar-refractivity contribution in [3.05, 3.63) is 42.0 Å². The summed E-state index contributed by atoms with van der Waals surface area (Å²) in [5.41, 5.74) is 0.784. The first-order chi connectivity index (χ1) is 14.5. The number of ether oxygens (including phenoxy) is 2. The highest BCUT2D eigenvalue weighted by molar-refractivity contribution is 9.09. The third-order valence-electron chi connectivity index (χ3n) is 5.10. The number of unbranched alkanes of at least 4 members (excludes halogenated alkanes) is 1. The number of fused-ring (bicyclic) bond motifs is 1. The molecule has 0 radical (unpaired) electrons. The molecule has 0 bridgehead atoms. The van der Waals surface area contributed by atoms with Crippen LogP contribution >= 0.6 is 27.7 Å². The number of carbonyl (C=O) groups excluding carboxylic acids is 3. The zero-order chi connectivity index (χ0) is 21.7. The molecule has 1 aliphatic heterocycles. The smallest absolute Gasteiger partial charge is 0.330 e. The van der Waals surface area contributed by atoms with E-state index >= 15 is 0 Å². The molecule has 1 unspecified atom stereocenters. The normalized spacial score (nSPS) is 17.2. The Labute approximate surface area is 188 Å². The Morgan fingerprint density at radius 2 is 1.93 bits per heavy atom. The Morgan fingerprint density at radius 3 is 2.67 bits per heavy atom. The lowest BCUT2D eigenvalue weighted by Gasteiger charge is -2.24. The summed E-state index contributed by atoms with van der Waals surface area (Å²) in [6.45, 7) is 2.03. The molecule has 1 heterocycles. The van der Waals surface area contributed by atoms with Gasteiger partial charge in [0.05, 0.1) is 19.6 Å². The maximum Gasteiger partial charge on any atom is 0.330 e. The van der Waals surface area contributed by atoms with Crippen molar-refractivity contribution in [2.75, 3.05) is 24.8 Å². The Balaban J connectivity index is 1.75. The van der Waals surface area contributed by atoms with Gasteiger partial charge in [0.15, 0.2) is 0 Å². The minimum absolute atomic E-state index is 0.228. The predicted molar refractivity (Wildman–Crippen MR) is 121 cm³/mol. The third-order valence-corrected chi connectivity index (χ3v) is 6.58. The fraction of sp³-hybridized carbons (Fsp3) is 0.409. The number of carbonyl (C=O) groups is 3. The van der Waals surface area contributed by atoms with Gasteiger partial charge in [-0.15, -0.1) is 0 Å². The van der Waals surface area contributed by atoms with Gasteiger partial charge in [-0.3, -0.25) is 14.5 Å². The molecule has 2 aromatic rings. The first-order valence-electron chi connectivity index (χ1n) is 9.76. The van der Waals surface area contributed by atoms with Crippen LogP contribution < -0.4 is 4.74 Å². The van der Waals surface area contributed by atoms with E-state index in [0.717, 1.165) is 56.9 Å². The molecule has 160 valence electrons. The molecule has 2 atom stereocenters. The second-order valence-electron chi connectivity index (χ2n) is 7.06. The summed E-state index contributed by atoms with van der Waals surface area (Å²) >= 11 is 4.31. The zero-order valence-corrected chi connectivity index (χ0v) is 19.3. The molecule has 30 heavy (non-hydrogen) atoms. The van der Waals surface area contributed by atoms with Crippen molar-refractivity contribution in [2.45, 2.75) is 31.7 Å². The van der Waals surface area contributed by atoms with Gasteiger partial charge in [0.25, 0.3) is 5.24 Å². The first-order valence-corrected chi connectivity index (χ1v) is 11.9. The van der Waals surface area contributed by atoms with Crippen molar-refractivity contribution in [1.29, 1.82) is 0 Å². The number of methoxy groups -OCH3 is 1. The number of rotatable bonds is 8. The van der Waals surface area contributed by atoms with Crippen molar-refractivity contribution < 1.29 is 23.9 Å². The van der Waals surface area contributed by atoms with Crippen LogP contribution in [-0.4, -0.2) is 52.9 Å². The molecule has 0 saturated carbocycles. The molecule has 3 rings (SSSR count). The van der Waals surface area contributed by atoms with E-state index in [-0.39, 0.29) is 18.3 Å². The van der Waals surface area contributed by atoms with Gasteiger partial charge in [0, 0.05) is 11.1 Å². The van der Waals surface area contributed by atoms with E-state index in [1.165, 1.54) is 0 Å². The molecule has 2 amide bonds. The quantitative estimate of drug-likeness (QED) is 0.300. The SMILES string of the molecule is COc1ccc2cc(C(C)C(=O)N3C(=O)SC[C@H]3C(=O)OCCCCBr)ccc2c1. The van der Waals surface area contributed by atoms with Crippen LogP contribution in [0.1, 0.15) is 31.2 Å². The minimum Gasteiger partial charge on any atom is -0.497 e. The molecule has 6 nitrogen and oxygen atoms in total. The van der Waals surface area contributed by atoms with Crippen molar-refractivity contribution >= 4 is 55.6 Å². The van der Waals surface area contributed by atoms with Crippen LogP contribution in [0.4, 0.5) is 4.79 Å². The van der Waals surface area contributed by atoms with E-state index in [0.29, 0.717) is 0 Å². The summed E-state index contributed by atoms with van der Waals surface area (Å²) in [5, 5.41) is 2.40. The van der Waals surface area contributed by atoms with Gasteiger partial charge >= 0.3 is 5.97 Å². The lowest BCUT2D eigenvalue weighted by molar-refractivity contribution is -0.151. The summed E-state index contributed by atoms with van der Waals surface area (Å²) < 4.78 is 10.5. The number of amides is 2. The summed E-state index contributed by atoms with van der Waals surface area (Å²) in [4.78, 5) is 39.0. The van der Waals surface area contributed by atoms with Crippen molar-refractivity contribution in [2.24, 2.45) is 0 Å². The lowest BCUT2D eigenvalue weighted by atomic mass is 9.96.